The molecule has 1 amide bonds. The van der Waals surface area contributed by atoms with E-state index in [1.807, 2.05) is 24.3 Å². The van der Waals surface area contributed by atoms with E-state index in [2.05, 4.69) is 10.3 Å². The average Bonchev–Trinajstić information content (AvgIpc) is 3.31. The van der Waals surface area contributed by atoms with E-state index in [9.17, 15) is 13.2 Å². The number of ether oxygens (including phenoxy) is 1. The summed E-state index contributed by atoms with van der Waals surface area (Å²) in [4.78, 5) is 18.3. The number of benzene rings is 2. The number of rotatable bonds is 10. The van der Waals surface area contributed by atoms with Crippen molar-refractivity contribution in [2.45, 2.75) is 11.4 Å². The van der Waals surface area contributed by atoms with E-state index in [1.165, 1.54) is 25.2 Å². The van der Waals surface area contributed by atoms with Crippen LogP contribution in [0.1, 0.15) is 11.1 Å². The van der Waals surface area contributed by atoms with Crippen LogP contribution in [-0.4, -0.2) is 76.3 Å². The van der Waals surface area contributed by atoms with Crippen molar-refractivity contribution in [1.29, 1.82) is 0 Å². The number of nitrogens with zero attached hydrogens (tertiary/aromatic N) is 3. The van der Waals surface area contributed by atoms with Gasteiger partial charge in [-0.05, 0) is 23.8 Å². The van der Waals surface area contributed by atoms with E-state index in [1.54, 1.807) is 11.9 Å². The van der Waals surface area contributed by atoms with Crippen LogP contribution in [0.15, 0.2) is 52.4 Å². The molecular weight excluding hydrogens is 487 g/mol. The minimum Gasteiger partial charge on any atom is -0.370 e. The maximum absolute atomic E-state index is 12.7. The molecule has 0 spiro atoms. The molecule has 0 aromatic heterocycles. The molecule has 1 aliphatic heterocycles. The van der Waals surface area contributed by atoms with Gasteiger partial charge in [-0.2, -0.15) is 4.31 Å². The van der Waals surface area contributed by atoms with E-state index in [4.69, 9.17) is 27.9 Å². The molecule has 0 aliphatic carbocycles. The van der Waals surface area contributed by atoms with Crippen LogP contribution < -0.4 is 5.32 Å². The van der Waals surface area contributed by atoms with Crippen molar-refractivity contribution >= 4 is 45.0 Å². The summed E-state index contributed by atoms with van der Waals surface area (Å²) in [5, 5.41) is 3.63. The quantitative estimate of drug-likeness (QED) is 0.494. The van der Waals surface area contributed by atoms with Gasteiger partial charge >= 0.3 is 0 Å². The molecule has 8 nitrogen and oxygen atoms in total. The summed E-state index contributed by atoms with van der Waals surface area (Å²) < 4.78 is 31.9. The minimum atomic E-state index is -3.80. The number of carbonyl (C=O) groups excluding carboxylic acids is 1. The highest BCUT2D eigenvalue weighted by atomic mass is 35.5. The highest BCUT2D eigenvalue weighted by Crippen LogP contribution is 2.26. The largest absolute Gasteiger partial charge is 0.370 e. The fourth-order valence-corrected chi connectivity index (χ4v) is 5.05. The third-order valence-corrected chi connectivity index (χ3v) is 7.68. The van der Waals surface area contributed by atoms with Gasteiger partial charge in [0.25, 0.3) is 0 Å². The molecular formula is C22H26Cl2N4O4S. The molecule has 0 unspecified atom stereocenters. The van der Waals surface area contributed by atoms with Crippen LogP contribution in [0.25, 0.3) is 0 Å². The molecule has 0 saturated carbocycles. The van der Waals surface area contributed by atoms with Crippen LogP contribution in [0.3, 0.4) is 0 Å². The van der Waals surface area contributed by atoms with Gasteiger partial charge in [-0.1, -0.05) is 47.5 Å². The molecule has 2 aromatic carbocycles. The Balaban J connectivity index is 1.43. The van der Waals surface area contributed by atoms with Gasteiger partial charge in [-0.3, -0.25) is 9.79 Å². The first-order valence-electron chi connectivity index (χ1n) is 10.3. The van der Waals surface area contributed by atoms with Crippen LogP contribution in [-0.2, 0) is 26.1 Å². The molecule has 0 fully saturated rings. The van der Waals surface area contributed by atoms with Gasteiger partial charge in [0.05, 0.1) is 18.2 Å². The van der Waals surface area contributed by atoms with Gasteiger partial charge in [-0.15, -0.1) is 0 Å². The maximum atomic E-state index is 12.7. The molecule has 2 aromatic rings. The first kappa shape index (κ1) is 25.5. The summed E-state index contributed by atoms with van der Waals surface area (Å²) in [7, 11) is -0.679. The SMILES string of the molecule is CN(Cc1ccc(C2=NCCN2)cc1)C(=O)COCCN(C)S(=O)(=O)c1ccc(Cl)cc1Cl. The second-order valence-electron chi connectivity index (χ2n) is 7.56. The number of carbonyl (C=O) groups is 1. The summed E-state index contributed by atoms with van der Waals surface area (Å²) in [5.41, 5.74) is 2.01. The van der Waals surface area contributed by atoms with Crippen molar-refractivity contribution in [3.8, 4) is 0 Å². The number of amides is 1. The van der Waals surface area contributed by atoms with Crippen molar-refractivity contribution < 1.29 is 17.9 Å². The van der Waals surface area contributed by atoms with Crippen LogP contribution in [0, 0.1) is 0 Å². The number of sulfonamides is 1. The second kappa shape index (κ2) is 11.3. The molecule has 3 rings (SSSR count). The molecule has 33 heavy (non-hydrogen) atoms. The summed E-state index contributed by atoms with van der Waals surface area (Å²) in [5.74, 6) is 0.692. The zero-order valence-corrected chi connectivity index (χ0v) is 20.8. The topological polar surface area (TPSA) is 91.3 Å². The lowest BCUT2D eigenvalue weighted by molar-refractivity contribution is -0.135. The van der Waals surface area contributed by atoms with Gasteiger partial charge in [0.15, 0.2) is 0 Å². The predicted molar refractivity (Wildman–Crippen MR) is 129 cm³/mol. The highest BCUT2D eigenvalue weighted by molar-refractivity contribution is 7.89. The van der Waals surface area contributed by atoms with E-state index in [0.717, 1.165) is 34.4 Å². The molecule has 1 N–H and O–H groups in total. The average molecular weight is 513 g/mol. The zero-order valence-electron chi connectivity index (χ0n) is 18.4. The zero-order chi connectivity index (χ0) is 24.0. The number of aliphatic imine (C=N–C) groups is 1. The van der Waals surface area contributed by atoms with Crippen LogP contribution in [0.4, 0.5) is 0 Å². The van der Waals surface area contributed by atoms with Crippen molar-refractivity contribution in [3.05, 3.63) is 63.6 Å². The minimum absolute atomic E-state index is 0.0336. The van der Waals surface area contributed by atoms with Crippen molar-refractivity contribution in [2.75, 3.05) is 46.9 Å². The summed E-state index contributed by atoms with van der Waals surface area (Å²) >= 11 is 11.9. The monoisotopic (exact) mass is 512 g/mol. The molecule has 1 aliphatic rings. The number of likely N-dealkylation sites (N-methyl/N-ethyl adjacent to an activating group) is 2. The number of hydrogen-bond donors (Lipinski definition) is 1. The third-order valence-electron chi connectivity index (χ3n) is 5.11. The molecule has 1 heterocycles. The first-order valence-corrected chi connectivity index (χ1v) is 12.5. The van der Waals surface area contributed by atoms with Gasteiger partial charge in [0.2, 0.25) is 15.9 Å². The van der Waals surface area contributed by atoms with Crippen LogP contribution >= 0.6 is 23.2 Å². The Hall–Kier alpha value is -2.17. The molecule has 178 valence electrons. The van der Waals surface area contributed by atoms with E-state index >= 15 is 0 Å². The fourth-order valence-electron chi connectivity index (χ4n) is 3.16. The number of hydrogen-bond acceptors (Lipinski definition) is 6. The summed E-state index contributed by atoms with van der Waals surface area (Å²) in [6, 6.07) is 12.1. The number of nitrogens with one attached hydrogen (secondary N) is 1. The fraction of sp³-hybridized carbons (Fsp3) is 0.364. The van der Waals surface area contributed by atoms with Gasteiger partial charge < -0.3 is 15.0 Å². The lowest BCUT2D eigenvalue weighted by Gasteiger charge is -2.20. The standard InChI is InChI=1S/C22H26Cl2N4O4S/c1-27(14-16-3-5-17(6-4-16)22-25-9-10-26-22)21(29)15-32-12-11-28(2)33(30,31)20-8-7-18(23)13-19(20)24/h3-8,13H,9-12,14-15H2,1-2H3,(H,25,26). The van der Waals surface area contributed by atoms with Crippen molar-refractivity contribution in [2.24, 2.45) is 4.99 Å². The second-order valence-corrected chi connectivity index (χ2v) is 10.4. The lowest BCUT2D eigenvalue weighted by Crippen LogP contribution is -2.33. The number of amidine groups is 1. The lowest BCUT2D eigenvalue weighted by atomic mass is 10.1. The summed E-state index contributed by atoms with van der Waals surface area (Å²) in [6.45, 7) is 2.05. The third kappa shape index (κ3) is 6.68. The summed E-state index contributed by atoms with van der Waals surface area (Å²) in [6.07, 6.45) is 0. The Bertz CT molecular complexity index is 1120. The smallest absolute Gasteiger partial charge is 0.248 e. The van der Waals surface area contributed by atoms with E-state index < -0.39 is 10.0 Å². The molecule has 0 atom stereocenters. The Kier molecular flexibility index (Phi) is 8.72. The van der Waals surface area contributed by atoms with Crippen molar-refractivity contribution in [1.82, 2.24) is 14.5 Å². The molecule has 0 bridgehead atoms. The Morgan fingerprint density at radius 3 is 2.52 bits per heavy atom. The molecule has 0 saturated heterocycles. The van der Waals surface area contributed by atoms with Crippen LogP contribution in [0.5, 0.6) is 0 Å². The molecule has 11 heteroatoms. The first-order chi connectivity index (χ1) is 15.7. The Morgan fingerprint density at radius 2 is 1.88 bits per heavy atom. The molecule has 0 radical (unpaired) electrons. The van der Waals surface area contributed by atoms with Gasteiger partial charge in [0, 0.05) is 44.3 Å². The van der Waals surface area contributed by atoms with Gasteiger partial charge in [-0.25, -0.2) is 8.42 Å². The van der Waals surface area contributed by atoms with Crippen LogP contribution in [0.2, 0.25) is 10.0 Å². The predicted octanol–water partition coefficient (Wildman–Crippen LogP) is 2.64. The van der Waals surface area contributed by atoms with E-state index in [-0.39, 0.29) is 35.6 Å². The van der Waals surface area contributed by atoms with Gasteiger partial charge in [0.1, 0.15) is 17.3 Å². The number of halogens is 2. The van der Waals surface area contributed by atoms with E-state index in [0.29, 0.717) is 11.6 Å². The Morgan fingerprint density at radius 1 is 1.15 bits per heavy atom. The normalized spacial score (nSPS) is 13.7. The maximum Gasteiger partial charge on any atom is 0.248 e. The Labute approximate surface area is 204 Å². The van der Waals surface area contributed by atoms with Crippen molar-refractivity contribution in [3.63, 3.8) is 0 Å². The highest BCUT2D eigenvalue weighted by Gasteiger charge is 2.23.